The van der Waals surface area contributed by atoms with Crippen LogP contribution in [0, 0.1) is 0 Å². The van der Waals surface area contributed by atoms with E-state index in [1.54, 1.807) is 0 Å². The zero-order valence-corrected chi connectivity index (χ0v) is 12.7. The Hall–Kier alpha value is -2.06. The number of halogens is 5. The van der Waals surface area contributed by atoms with Crippen molar-refractivity contribution in [2.75, 3.05) is 5.32 Å². The van der Waals surface area contributed by atoms with Gasteiger partial charge in [-0.3, -0.25) is 9.59 Å². The molecule has 0 saturated heterocycles. The van der Waals surface area contributed by atoms with E-state index in [1.165, 1.54) is 12.1 Å². The summed E-state index contributed by atoms with van der Waals surface area (Å²) in [6, 6.07) is 4.48. The maximum absolute atomic E-state index is 12.8. The molecule has 10 heteroatoms. The number of carbonyl (C=O) groups is 1. The average Bonchev–Trinajstić information content (AvgIpc) is 2.47. The third-order valence-electron chi connectivity index (χ3n) is 2.74. The van der Waals surface area contributed by atoms with Crippen molar-refractivity contribution in [3.63, 3.8) is 0 Å². The topological polar surface area (TPSA) is 64.0 Å². The Balaban J connectivity index is 2.22. The van der Waals surface area contributed by atoms with E-state index in [2.05, 4.69) is 10.4 Å². The highest BCUT2D eigenvalue weighted by Crippen LogP contribution is 2.34. The van der Waals surface area contributed by atoms with Crippen molar-refractivity contribution in [2.24, 2.45) is 0 Å². The van der Waals surface area contributed by atoms with E-state index in [0.29, 0.717) is 4.68 Å². The minimum absolute atomic E-state index is 0.0873. The predicted octanol–water partition coefficient (Wildman–Crippen LogP) is 3.21. The highest BCUT2D eigenvalue weighted by Gasteiger charge is 2.33. The van der Waals surface area contributed by atoms with E-state index in [1.807, 2.05) is 0 Å². The Labute approximate surface area is 137 Å². The van der Waals surface area contributed by atoms with Gasteiger partial charge in [0.2, 0.25) is 5.91 Å². The Morgan fingerprint density at radius 2 is 1.91 bits per heavy atom. The summed E-state index contributed by atoms with van der Waals surface area (Å²) in [5.41, 5.74) is -2.24. The summed E-state index contributed by atoms with van der Waals surface area (Å²) in [5.74, 6) is -0.866. The molecule has 1 amide bonds. The minimum atomic E-state index is -4.62. The van der Waals surface area contributed by atoms with Crippen molar-refractivity contribution in [1.29, 1.82) is 0 Å². The zero-order valence-electron chi connectivity index (χ0n) is 11.2. The SMILES string of the molecule is O=C(Cn1ncc(Cl)c(Cl)c1=O)Nc1ccccc1C(F)(F)F. The van der Waals surface area contributed by atoms with Crippen molar-refractivity contribution >= 4 is 34.8 Å². The van der Waals surface area contributed by atoms with Crippen molar-refractivity contribution < 1.29 is 18.0 Å². The number of amides is 1. The quantitative estimate of drug-likeness (QED) is 0.908. The van der Waals surface area contributed by atoms with Crippen LogP contribution < -0.4 is 10.9 Å². The van der Waals surface area contributed by atoms with Gasteiger partial charge in [-0.15, -0.1) is 0 Å². The summed E-state index contributed by atoms with van der Waals surface area (Å²) in [4.78, 5) is 23.6. The van der Waals surface area contributed by atoms with Crippen LogP contribution in [0.25, 0.3) is 0 Å². The largest absolute Gasteiger partial charge is 0.418 e. The standard InChI is InChI=1S/C13H8Cl2F3N3O2/c14-8-5-19-21(12(23)11(8)15)6-10(22)20-9-4-2-1-3-7(9)13(16,17)18/h1-5H,6H2,(H,20,22). The number of aromatic nitrogens is 2. The number of nitrogens with one attached hydrogen (secondary N) is 1. The molecule has 0 aliphatic rings. The first-order valence-corrected chi connectivity index (χ1v) is 6.83. The van der Waals surface area contributed by atoms with Gasteiger partial charge < -0.3 is 5.32 Å². The Morgan fingerprint density at radius 3 is 2.57 bits per heavy atom. The number of rotatable bonds is 3. The minimum Gasteiger partial charge on any atom is -0.324 e. The molecule has 0 aliphatic heterocycles. The molecule has 0 bridgehead atoms. The Morgan fingerprint density at radius 1 is 1.26 bits per heavy atom. The van der Waals surface area contributed by atoms with Crippen molar-refractivity contribution in [2.45, 2.75) is 12.7 Å². The van der Waals surface area contributed by atoms with Crippen molar-refractivity contribution in [3.8, 4) is 0 Å². The van der Waals surface area contributed by atoms with Crippen LogP contribution >= 0.6 is 23.2 Å². The molecular weight excluding hydrogens is 358 g/mol. The van der Waals surface area contributed by atoms with Gasteiger partial charge in [-0.25, -0.2) is 4.68 Å². The van der Waals surface area contributed by atoms with E-state index < -0.39 is 35.4 Å². The average molecular weight is 366 g/mol. The third-order valence-corrected chi connectivity index (χ3v) is 3.49. The second kappa shape index (κ2) is 6.59. The van der Waals surface area contributed by atoms with Gasteiger partial charge in [-0.2, -0.15) is 18.3 Å². The van der Waals surface area contributed by atoms with Crippen LogP contribution in [0.5, 0.6) is 0 Å². The van der Waals surface area contributed by atoms with Crippen LogP contribution in [0.1, 0.15) is 5.56 Å². The Bertz CT molecular complexity index is 806. The number of hydrogen-bond donors (Lipinski definition) is 1. The molecule has 23 heavy (non-hydrogen) atoms. The summed E-state index contributed by atoms with van der Waals surface area (Å²) >= 11 is 11.2. The summed E-state index contributed by atoms with van der Waals surface area (Å²) in [5, 5.41) is 5.27. The second-order valence-corrected chi connectivity index (χ2v) is 5.15. The molecule has 0 spiro atoms. The van der Waals surface area contributed by atoms with Gasteiger partial charge >= 0.3 is 6.18 Å². The van der Waals surface area contributed by atoms with Crippen LogP contribution in [0.3, 0.4) is 0 Å². The smallest absolute Gasteiger partial charge is 0.324 e. The molecule has 1 aromatic carbocycles. The maximum atomic E-state index is 12.8. The van der Waals surface area contributed by atoms with Gasteiger partial charge in [0.1, 0.15) is 11.6 Å². The summed E-state index contributed by atoms with van der Waals surface area (Å²) in [7, 11) is 0. The van der Waals surface area contributed by atoms with E-state index in [-0.39, 0.29) is 10.0 Å². The molecule has 0 fully saturated rings. The molecule has 0 aliphatic carbocycles. The first kappa shape index (κ1) is 17.3. The molecule has 0 atom stereocenters. The molecule has 0 unspecified atom stereocenters. The second-order valence-electron chi connectivity index (χ2n) is 4.36. The zero-order chi connectivity index (χ0) is 17.2. The van der Waals surface area contributed by atoms with Gasteiger partial charge in [0.25, 0.3) is 5.56 Å². The van der Waals surface area contributed by atoms with E-state index in [0.717, 1.165) is 18.3 Å². The van der Waals surface area contributed by atoms with Gasteiger partial charge in [0.05, 0.1) is 22.5 Å². The van der Waals surface area contributed by atoms with Crippen LogP contribution in [-0.2, 0) is 17.5 Å². The van der Waals surface area contributed by atoms with Crippen LogP contribution in [-0.4, -0.2) is 15.7 Å². The lowest BCUT2D eigenvalue weighted by molar-refractivity contribution is -0.137. The van der Waals surface area contributed by atoms with Crippen LogP contribution in [0.15, 0.2) is 35.3 Å². The maximum Gasteiger partial charge on any atom is 0.418 e. The fraction of sp³-hybridized carbons (Fsp3) is 0.154. The number of nitrogens with zero attached hydrogens (tertiary/aromatic N) is 2. The van der Waals surface area contributed by atoms with Crippen LogP contribution in [0.2, 0.25) is 10.0 Å². The van der Waals surface area contributed by atoms with E-state index in [4.69, 9.17) is 23.2 Å². The predicted molar refractivity (Wildman–Crippen MR) is 78.6 cm³/mol. The monoisotopic (exact) mass is 365 g/mol. The normalized spacial score (nSPS) is 11.3. The number of carbonyl (C=O) groups excluding carboxylic acids is 1. The number of alkyl halides is 3. The van der Waals surface area contributed by atoms with Gasteiger partial charge in [0.15, 0.2) is 0 Å². The lowest BCUT2D eigenvalue weighted by atomic mass is 10.1. The number of hydrogen-bond acceptors (Lipinski definition) is 3. The number of anilines is 1. The summed E-state index contributed by atoms with van der Waals surface area (Å²) in [6.07, 6.45) is -3.56. The highest BCUT2D eigenvalue weighted by atomic mass is 35.5. The number of para-hydroxylation sites is 1. The lowest BCUT2D eigenvalue weighted by Crippen LogP contribution is -2.30. The van der Waals surface area contributed by atoms with Crippen molar-refractivity contribution in [3.05, 3.63) is 56.4 Å². The number of benzene rings is 1. The fourth-order valence-electron chi connectivity index (χ4n) is 1.72. The molecular formula is C13H8Cl2F3N3O2. The lowest BCUT2D eigenvalue weighted by Gasteiger charge is -2.13. The molecule has 5 nitrogen and oxygen atoms in total. The van der Waals surface area contributed by atoms with Crippen molar-refractivity contribution in [1.82, 2.24) is 9.78 Å². The van der Waals surface area contributed by atoms with Gasteiger partial charge in [0, 0.05) is 0 Å². The highest BCUT2D eigenvalue weighted by molar-refractivity contribution is 6.41. The molecule has 1 aromatic heterocycles. The summed E-state index contributed by atoms with van der Waals surface area (Å²) < 4.78 is 39.2. The van der Waals surface area contributed by atoms with E-state index >= 15 is 0 Å². The molecule has 0 radical (unpaired) electrons. The Kier molecular flexibility index (Phi) is 4.96. The van der Waals surface area contributed by atoms with Gasteiger partial charge in [-0.1, -0.05) is 35.3 Å². The molecule has 122 valence electrons. The molecule has 0 saturated carbocycles. The summed E-state index contributed by atoms with van der Waals surface area (Å²) in [6.45, 7) is -0.609. The first-order valence-electron chi connectivity index (χ1n) is 6.07. The molecule has 2 rings (SSSR count). The first-order chi connectivity index (χ1) is 10.7. The fourth-order valence-corrected chi connectivity index (χ4v) is 1.99. The molecule has 1 N–H and O–H groups in total. The van der Waals surface area contributed by atoms with Gasteiger partial charge in [-0.05, 0) is 12.1 Å². The third kappa shape index (κ3) is 4.02. The molecule has 1 heterocycles. The van der Waals surface area contributed by atoms with Crippen LogP contribution in [0.4, 0.5) is 18.9 Å². The molecule has 2 aromatic rings. The van der Waals surface area contributed by atoms with E-state index in [9.17, 15) is 22.8 Å².